The fourth-order valence-electron chi connectivity index (χ4n) is 8.67. The van der Waals surface area contributed by atoms with Crippen molar-refractivity contribution in [2.24, 2.45) is 11.7 Å². The number of benzene rings is 2. The smallest absolute Gasteiger partial charge is 0.287 e. The minimum atomic E-state index is -1.46. The highest BCUT2D eigenvalue weighted by Crippen LogP contribution is 2.37. The zero-order chi connectivity index (χ0) is 37.3. The molecule has 1 saturated heterocycles. The molecule has 13 heteroatoms. The maximum absolute atomic E-state index is 15.1. The van der Waals surface area contributed by atoms with Crippen molar-refractivity contribution in [2.75, 3.05) is 6.54 Å². The Morgan fingerprint density at radius 3 is 2.29 bits per heavy atom. The molecule has 3 aromatic rings. The Kier molecular flexibility index (Phi) is 10.5. The van der Waals surface area contributed by atoms with Crippen LogP contribution < -0.4 is 16.4 Å². The number of carbonyl (C=O) groups is 5. The number of primary amides is 1. The average molecular weight is 714 g/mol. The number of hydrogen-bond donors (Lipinski definition) is 4. The van der Waals surface area contributed by atoms with E-state index in [4.69, 9.17) is 5.73 Å². The molecule has 2 aromatic carbocycles. The summed E-state index contributed by atoms with van der Waals surface area (Å²) in [5.41, 5.74) is 2.13. The van der Waals surface area contributed by atoms with E-state index in [0.29, 0.717) is 30.5 Å². The summed E-state index contributed by atoms with van der Waals surface area (Å²) in [6.07, 6.45) is 9.60. The summed E-state index contributed by atoms with van der Waals surface area (Å²) in [6, 6.07) is 11.5. The summed E-state index contributed by atoms with van der Waals surface area (Å²) in [7, 11) is 0. The van der Waals surface area contributed by atoms with E-state index in [1.54, 1.807) is 37.6 Å². The van der Waals surface area contributed by atoms with Gasteiger partial charge in [-0.15, -0.1) is 5.10 Å². The third kappa shape index (κ3) is 7.60. The molecule has 3 fully saturated rings. The first kappa shape index (κ1) is 37.1. The average Bonchev–Trinajstić information content (AvgIpc) is 3.80. The molecule has 0 radical (unpaired) electrons. The Labute approximate surface area is 304 Å². The minimum absolute atomic E-state index is 0.0340. The Morgan fingerprint density at radius 2 is 1.62 bits per heavy atom. The Balaban J connectivity index is 1.36. The van der Waals surface area contributed by atoms with Crippen LogP contribution in [0.2, 0.25) is 0 Å². The van der Waals surface area contributed by atoms with Crippen molar-refractivity contribution >= 4 is 40.2 Å². The zero-order valence-electron chi connectivity index (χ0n) is 30.4. The van der Waals surface area contributed by atoms with Gasteiger partial charge in [-0.1, -0.05) is 86.9 Å². The maximum atomic E-state index is 15.1. The molecule has 0 bridgehead atoms. The molecule has 278 valence electrons. The van der Waals surface area contributed by atoms with Gasteiger partial charge >= 0.3 is 0 Å². The van der Waals surface area contributed by atoms with Crippen LogP contribution in [0.4, 0.5) is 0 Å². The van der Waals surface area contributed by atoms with Crippen molar-refractivity contribution in [3.63, 3.8) is 0 Å². The number of ketones is 1. The first-order valence-corrected chi connectivity index (χ1v) is 18.6. The Hall–Kier alpha value is -4.65. The van der Waals surface area contributed by atoms with E-state index in [1.165, 1.54) is 11.1 Å². The summed E-state index contributed by atoms with van der Waals surface area (Å²) < 4.78 is 1.55. The van der Waals surface area contributed by atoms with Gasteiger partial charge in [0.1, 0.15) is 22.7 Å². The number of nitrogens with one attached hydrogen (secondary N) is 2. The molecule has 3 aliphatic rings. The second-order valence-electron chi connectivity index (χ2n) is 15.9. The number of nitrogens with zero attached hydrogens (tertiary/aromatic N) is 4. The van der Waals surface area contributed by atoms with Gasteiger partial charge in [0.25, 0.3) is 11.8 Å². The maximum Gasteiger partial charge on any atom is 0.287 e. The molecule has 2 heterocycles. The van der Waals surface area contributed by atoms with Crippen molar-refractivity contribution in [3.8, 4) is 0 Å². The van der Waals surface area contributed by atoms with E-state index in [0.717, 1.165) is 49.3 Å². The van der Waals surface area contributed by atoms with Crippen LogP contribution in [0.25, 0.3) is 10.8 Å². The van der Waals surface area contributed by atoms with Gasteiger partial charge in [-0.3, -0.25) is 24.0 Å². The van der Waals surface area contributed by atoms with Crippen molar-refractivity contribution in [1.29, 1.82) is 0 Å². The molecule has 3 atom stereocenters. The molecule has 13 nitrogen and oxygen atoms in total. The molecular formula is C39H51N7O6. The summed E-state index contributed by atoms with van der Waals surface area (Å²) in [6.45, 7) is 4.99. The third-order valence-corrected chi connectivity index (χ3v) is 11.4. The van der Waals surface area contributed by atoms with Crippen LogP contribution in [-0.4, -0.2) is 78.1 Å². The van der Waals surface area contributed by atoms with Gasteiger partial charge in [-0.05, 0) is 68.9 Å². The summed E-state index contributed by atoms with van der Waals surface area (Å²) >= 11 is 0. The Bertz CT molecular complexity index is 1840. The van der Waals surface area contributed by atoms with Crippen molar-refractivity contribution in [2.45, 2.75) is 127 Å². The number of nitrogens with two attached hydrogens (primary N) is 1. The van der Waals surface area contributed by atoms with E-state index < -0.39 is 58.2 Å². The lowest BCUT2D eigenvalue weighted by Crippen LogP contribution is -2.64. The van der Waals surface area contributed by atoms with Crippen LogP contribution in [0, 0.1) is 5.92 Å². The van der Waals surface area contributed by atoms with Crippen molar-refractivity contribution in [1.82, 2.24) is 30.5 Å². The molecular weight excluding hydrogens is 662 g/mol. The molecule has 2 aliphatic carbocycles. The lowest BCUT2D eigenvalue weighted by Gasteiger charge is -2.40. The van der Waals surface area contributed by atoms with Crippen LogP contribution in [0.3, 0.4) is 0 Å². The first-order valence-electron chi connectivity index (χ1n) is 18.6. The van der Waals surface area contributed by atoms with Gasteiger partial charge in [0, 0.05) is 18.5 Å². The van der Waals surface area contributed by atoms with Gasteiger partial charge in [0.15, 0.2) is 0 Å². The quantitative estimate of drug-likeness (QED) is 0.216. The number of hydrogen-bond acceptors (Lipinski definition) is 8. The Morgan fingerprint density at radius 1 is 0.942 bits per heavy atom. The molecule has 1 aromatic heterocycles. The van der Waals surface area contributed by atoms with E-state index in [1.807, 2.05) is 30.3 Å². The van der Waals surface area contributed by atoms with Gasteiger partial charge in [0.2, 0.25) is 17.6 Å². The van der Waals surface area contributed by atoms with Gasteiger partial charge in [-0.25, -0.2) is 4.68 Å². The fourth-order valence-corrected chi connectivity index (χ4v) is 8.67. The number of likely N-dealkylation sites (tertiary alicyclic amines) is 1. The molecule has 2 saturated carbocycles. The third-order valence-electron chi connectivity index (χ3n) is 11.4. The summed E-state index contributed by atoms with van der Waals surface area (Å²) in [4.78, 5) is 70.6. The fraction of sp³-hybridized carbons (Fsp3) is 0.564. The normalized spacial score (nSPS) is 22.0. The second-order valence-corrected chi connectivity index (χ2v) is 15.9. The monoisotopic (exact) mass is 713 g/mol. The lowest BCUT2D eigenvalue weighted by atomic mass is 9.78. The molecule has 4 amide bonds. The standard InChI is InChI=1S/C39H51N7O6/c1-37(2,52)31-23-41-44-46(31)29-21-30(35(50)43-39(32(47)33(40)48)18-10-5-11-19-39)45(24-29)36(51)38(3,22-25-12-6-4-7-13-25)42-34(49)28-17-16-26-14-8-9-15-27(26)20-28/h8-9,14-17,20,23,25,29-30,52H,4-7,10-13,18-19,21-22,24H2,1-3H3,(H2,40,48)(H,42,49)(H,43,50)/t29-,30-,38?/m0/s1. The van der Waals surface area contributed by atoms with Crippen molar-refractivity contribution < 1.29 is 29.1 Å². The number of fused-ring (bicyclic) bond motifs is 1. The SMILES string of the molecule is CC(CC1CCCCC1)(NC(=O)c1ccc2ccccc2c1)C(=O)N1C[C@@H](n2nncc2C(C)(C)O)C[C@H]1C(=O)NC1(C(=O)C(N)=O)CCCCC1. The van der Waals surface area contributed by atoms with E-state index in [2.05, 4.69) is 20.9 Å². The van der Waals surface area contributed by atoms with E-state index in [-0.39, 0.29) is 31.7 Å². The molecule has 52 heavy (non-hydrogen) atoms. The van der Waals surface area contributed by atoms with Gasteiger partial charge < -0.3 is 26.4 Å². The van der Waals surface area contributed by atoms with E-state index >= 15 is 4.79 Å². The first-order chi connectivity index (χ1) is 24.7. The van der Waals surface area contributed by atoms with Crippen molar-refractivity contribution in [3.05, 3.63) is 59.9 Å². The molecule has 1 aliphatic heterocycles. The number of Topliss-reactive ketones (excluding diaryl/α,β-unsaturated/α-hetero) is 1. The van der Waals surface area contributed by atoms with Crippen LogP contribution in [0.5, 0.6) is 0 Å². The number of amides is 4. The molecule has 0 spiro atoms. The number of carbonyl (C=O) groups excluding carboxylic acids is 5. The highest BCUT2D eigenvalue weighted by molar-refractivity contribution is 6.39. The highest BCUT2D eigenvalue weighted by Gasteiger charge is 2.51. The second kappa shape index (κ2) is 14.8. The van der Waals surface area contributed by atoms with Gasteiger partial charge in [0.05, 0.1) is 17.9 Å². The van der Waals surface area contributed by atoms with Gasteiger partial charge in [-0.2, -0.15) is 0 Å². The van der Waals surface area contributed by atoms with Crippen LogP contribution in [0.15, 0.2) is 48.7 Å². The number of aliphatic hydroxyl groups is 1. The summed E-state index contributed by atoms with van der Waals surface area (Å²) in [5, 5.41) is 27.1. The topological polar surface area (TPSA) is 190 Å². The molecule has 5 N–H and O–H groups in total. The minimum Gasteiger partial charge on any atom is -0.384 e. The predicted molar refractivity (Wildman–Crippen MR) is 194 cm³/mol. The summed E-state index contributed by atoms with van der Waals surface area (Å²) in [5.74, 6) is -3.20. The molecule has 1 unspecified atom stereocenters. The van der Waals surface area contributed by atoms with E-state index in [9.17, 15) is 24.3 Å². The zero-order valence-corrected chi connectivity index (χ0v) is 30.4. The highest BCUT2D eigenvalue weighted by atomic mass is 16.3. The largest absolute Gasteiger partial charge is 0.384 e. The van der Waals surface area contributed by atoms with Crippen LogP contribution >= 0.6 is 0 Å². The molecule has 6 rings (SSSR count). The number of rotatable bonds is 11. The lowest BCUT2D eigenvalue weighted by molar-refractivity contribution is -0.147. The predicted octanol–water partition coefficient (Wildman–Crippen LogP) is 3.83. The van der Waals surface area contributed by atoms with Crippen LogP contribution in [-0.2, 0) is 24.8 Å². The van der Waals surface area contributed by atoms with Crippen LogP contribution in [0.1, 0.15) is 120 Å². The number of aromatic nitrogens is 3.